The van der Waals surface area contributed by atoms with Crippen molar-refractivity contribution in [3.05, 3.63) is 41.5 Å². The van der Waals surface area contributed by atoms with E-state index in [-0.39, 0.29) is 31.2 Å². The number of hydrogen-bond donors (Lipinski definition) is 0. The van der Waals surface area contributed by atoms with Crippen LogP contribution in [-0.2, 0) is 14.3 Å². The Morgan fingerprint density at radius 2 is 1.57 bits per heavy atom. The minimum Gasteiger partial charge on any atom is -0.461 e. The standard InChI is InChI=1S/C18H22O5/c1-13(2)11-12-22-17(20)5-4-6-18(21)23-16-9-7-15(8-10-16)14(3)19/h7-11H,4-6,12H2,1-3H3. The van der Waals surface area contributed by atoms with Crippen molar-refractivity contribution in [1.82, 2.24) is 0 Å². The molecule has 0 aromatic heterocycles. The molecule has 23 heavy (non-hydrogen) atoms. The van der Waals surface area contributed by atoms with Gasteiger partial charge in [0.15, 0.2) is 5.78 Å². The fraction of sp³-hybridized carbons (Fsp3) is 0.389. The van der Waals surface area contributed by atoms with Crippen molar-refractivity contribution in [2.45, 2.75) is 40.0 Å². The minimum absolute atomic E-state index is 0.0468. The van der Waals surface area contributed by atoms with E-state index in [2.05, 4.69) is 0 Å². The molecule has 0 radical (unpaired) electrons. The molecule has 0 aliphatic rings. The zero-order chi connectivity index (χ0) is 17.2. The highest BCUT2D eigenvalue weighted by Gasteiger charge is 2.08. The summed E-state index contributed by atoms with van der Waals surface area (Å²) in [5.41, 5.74) is 1.64. The number of allylic oxidation sites excluding steroid dienone is 1. The maximum atomic E-state index is 11.7. The van der Waals surface area contributed by atoms with Crippen LogP contribution in [0.3, 0.4) is 0 Å². The maximum absolute atomic E-state index is 11.7. The summed E-state index contributed by atoms with van der Waals surface area (Å²) in [6.45, 7) is 5.57. The SMILES string of the molecule is CC(=O)c1ccc(OC(=O)CCCC(=O)OCC=C(C)C)cc1. The van der Waals surface area contributed by atoms with Crippen LogP contribution in [0.4, 0.5) is 0 Å². The van der Waals surface area contributed by atoms with Crippen molar-refractivity contribution in [2.75, 3.05) is 6.61 Å². The van der Waals surface area contributed by atoms with Gasteiger partial charge in [0.05, 0.1) is 0 Å². The molecule has 0 N–H and O–H groups in total. The molecule has 5 nitrogen and oxygen atoms in total. The Labute approximate surface area is 136 Å². The van der Waals surface area contributed by atoms with Crippen molar-refractivity contribution >= 4 is 17.7 Å². The molecule has 0 aliphatic carbocycles. The molecule has 1 aromatic rings. The van der Waals surface area contributed by atoms with Crippen LogP contribution in [0.2, 0.25) is 0 Å². The Morgan fingerprint density at radius 1 is 0.957 bits per heavy atom. The van der Waals surface area contributed by atoms with Crippen LogP contribution in [0, 0.1) is 0 Å². The highest BCUT2D eigenvalue weighted by Crippen LogP contribution is 2.14. The lowest BCUT2D eigenvalue weighted by Gasteiger charge is -2.05. The van der Waals surface area contributed by atoms with E-state index in [4.69, 9.17) is 9.47 Å². The Balaban J connectivity index is 2.27. The number of carbonyl (C=O) groups is 3. The molecule has 0 unspecified atom stereocenters. The second kappa shape index (κ2) is 9.56. The van der Waals surface area contributed by atoms with E-state index in [9.17, 15) is 14.4 Å². The van der Waals surface area contributed by atoms with Crippen LogP contribution in [0.5, 0.6) is 5.75 Å². The molecule has 5 heteroatoms. The lowest BCUT2D eigenvalue weighted by Crippen LogP contribution is -2.10. The summed E-state index contributed by atoms with van der Waals surface area (Å²) in [5.74, 6) is -0.417. The maximum Gasteiger partial charge on any atom is 0.311 e. The first-order chi connectivity index (χ1) is 10.9. The third-order valence-electron chi connectivity index (χ3n) is 2.99. The first-order valence-electron chi connectivity index (χ1n) is 7.49. The number of benzene rings is 1. The highest BCUT2D eigenvalue weighted by molar-refractivity contribution is 5.94. The quantitative estimate of drug-likeness (QED) is 0.318. The topological polar surface area (TPSA) is 69.7 Å². The summed E-state index contributed by atoms with van der Waals surface area (Å²) >= 11 is 0. The van der Waals surface area contributed by atoms with Crippen LogP contribution in [-0.4, -0.2) is 24.3 Å². The molecular weight excluding hydrogens is 296 g/mol. The summed E-state index contributed by atoms with van der Waals surface area (Å²) in [5, 5.41) is 0. The summed E-state index contributed by atoms with van der Waals surface area (Å²) in [7, 11) is 0. The molecule has 1 rings (SSSR count). The molecule has 1 aromatic carbocycles. The Morgan fingerprint density at radius 3 is 2.13 bits per heavy atom. The van der Waals surface area contributed by atoms with Gasteiger partial charge in [0.1, 0.15) is 12.4 Å². The molecule has 0 fully saturated rings. The normalized spacial score (nSPS) is 9.87. The van der Waals surface area contributed by atoms with Gasteiger partial charge in [0, 0.05) is 18.4 Å². The number of esters is 2. The molecular formula is C18H22O5. The first-order valence-corrected chi connectivity index (χ1v) is 7.49. The fourth-order valence-electron chi connectivity index (χ4n) is 1.69. The third kappa shape index (κ3) is 7.95. The fourth-order valence-corrected chi connectivity index (χ4v) is 1.69. The van der Waals surface area contributed by atoms with Crippen LogP contribution in [0.1, 0.15) is 50.4 Å². The van der Waals surface area contributed by atoms with Gasteiger partial charge >= 0.3 is 11.9 Å². The van der Waals surface area contributed by atoms with E-state index < -0.39 is 5.97 Å². The largest absolute Gasteiger partial charge is 0.461 e. The summed E-state index contributed by atoms with van der Waals surface area (Å²) in [6, 6.07) is 6.35. The molecule has 0 saturated carbocycles. The van der Waals surface area contributed by atoms with E-state index in [0.717, 1.165) is 5.57 Å². The Kier molecular flexibility index (Phi) is 7.74. The average molecular weight is 318 g/mol. The van der Waals surface area contributed by atoms with Gasteiger partial charge in [-0.2, -0.15) is 0 Å². The van der Waals surface area contributed by atoms with Crippen LogP contribution >= 0.6 is 0 Å². The van der Waals surface area contributed by atoms with Gasteiger partial charge < -0.3 is 9.47 Å². The van der Waals surface area contributed by atoms with E-state index in [1.807, 2.05) is 19.9 Å². The van der Waals surface area contributed by atoms with E-state index in [0.29, 0.717) is 17.7 Å². The summed E-state index contributed by atoms with van der Waals surface area (Å²) in [4.78, 5) is 34.2. The van der Waals surface area contributed by atoms with Crippen LogP contribution in [0.25, 0.3) is 0 Å². The molecule has 124 valence electrons. The van der Waals surface area contributed by atoms with Crippen molar-refractivity contribution in [2.24, 2.45) is 0 Å². The number of hydrogen-bond acceptors (Lipinski definition) is 5. The molecule has 0 aliphatic heterocycles. The van der Waals surface area contributed by atoms with Gasteiger partial charge in [-0.1, -0.05) is 5.57 Å². The zero-order valence-corrected chi connectivity index (χ0v) is 13.8. The van der Waals surface area contributed by atoms with E-state index in [1.54, 1.807) is 24.3 Å². The van der Waals surface area contributed by atoms with Crippen LogP contribution < -0.4 is 4.74 Å². The lowest BCUT2D eigenvalue weighted by molar-refractivity contribution is -0.142. The average Bonchev–Trinajstić information content (AvgIpc) is 2.47. The van der Waals surface area contributed by atoms with Gasteiger partial charge in [0.25, 0.3) is 0 Å². The van der Waals surface area contributed by atoms with Gasteiger partial charge in [-0.05, 0) is 57.5 Å². The van der Waals surface area contributed by atoms with Crippen LogP contribution in [0.15, 0.2) is 35.9 Å². The number of rotatable bonds is 8. The Bertz CT molecular complexity index is 580. The lowest BCUT2D eigenvalue weighted by atomic mass is 10.1. The second-order valence-corrected chi connectivity index (χ2v) is 5.37. The predicted molar refractivity (Wildman–Crippen MR) is 86.3 cm³/mol. The van der Waals surface area contributed by atoms with Crippen molar-refractivity contribution < 1.29 is 23.9 Å². The molecule has 0 spiro atoms. The number of carbonyl (C=O) groups excluding carboxylic acids is 3. The zero-order valence-electron chi connectivity index (χ0n) is 13.8. The molecule has 0 heterocycles. The smallest absolute Gasteiger partial charge is 0.311 e. The van der Waals surface area contributed by atoms with Crippen molar-refractivity contribution in [1.29, 1.82) is 0 Å². The van der Waals surface area contributed by atoms with Gasteiger partial charge in [-0.15, -0.1) is 0 Å². The molecule has 0 bridgehead atoms. The minimum atomic E-state index is -0.419. The monoisotopic (exact) mass is 318 g/mol. The van der Waals surface area contributed by atoms with Gasteiger partial charge in [0.2, 0.25) is 0 Å². The van der Waals surface area contributed by atoms with E-state index in [1.165, 1.54) is 6.92 Å². The predicted octanol–water partition coefficient (Wildman–Crippen LogP) is 3.47. The molecule has 0 atom stereocenters. The highest BCUT2D eigenvalue weighted by atomic mass is 16.5. The second-order valence-electron chi connectivity index (χ2n) is 5.37. The number of ether oxygens (including phenoxy) is 2. The molecule has 0 saturated heterocycles. The van der Waals surface area contributed by atoms with Gasteiger partial charge in [-0.3, -0.25) is 14.4 Å². The van der Waals surface area contributed by atoms with Crippen molar-refractivity contribution in [3.8, 4) is 5.75 Å². The van der Waals surface area contributed by atoms with Gasteiger partial charge in [-0.25, -0.2) is 0 Å². The van der Waals surface area contributed by atoms with Crippen molar-refractivity contribution in [3.63, 3.8) is 0 Å². The number of Topliss-reactive ketones (excluding diaryl/α,β-unsaturated/α-hetero) is 1. The van der Waals surface area contributed by atoms with E-state index >= 15 is 0 Å². The molecule has 0 amide bonds. The summed E-state index contributed by atoms with van der Waals surface area (Å²) < 4.78 is 10.1. The third-order valence-corrected chi connectivity index (χ3v) is 2.99. The Hall–Kier alpha value is -2.43. The first kappa shape index (κ1) is 18.6. The number of ketones is 1. The summed E-state index contributed by atoms with van der Waals surface area (Å²) in [6.07, 6.45) is 2.50.